The van der Waals surface area contributed by atoms with E-state index in [2.05, 4.69) is 5.32 Å². The van der Waals surface area contributed by atoms with Crippen LogP contribution in [0.2, 0.25) is 0 Å². The summed E-state index contributed by atoms with van der Waals surface area (Å²) >= 11 is 0. The van der Waals surface area contributed by atoms with E-state index in [0.29, 0.717) is 18.0 Å². The Morgan fingerprint density at radius 3 is 2.55 bits per heavy atom. The first-order chi connectivity index (χ1) is 9.56. The van der Waals surface area contributed by atoms with Crippen molar-refractivity contribution in [2.45, 2.75) is 32.6 Å². The van der Waals surface area contributed by atoms with Gasteiger partial charge < -0.3 is 10.4 Å². The highest BCUT2D eigenvalue weighted by atomic mass is 16.4. The summed E-state index contributed by atoms with van der Waals surface area (Å²) in [7, 11) is 0. The van der Waals surface area contributed by atoms with Crippen LogP contribution >= 0.6 is 0 Å². The van der Waals surface area contributed by atoms with Gasteiger partial charge in [-0.05, 0) is 50.7 Å². The third-order valence-electron chi connectivity index (χ3n) is 4.03. The molecule has 0 unspecified atom stereocenters. The fourth-order valence-corrected chi connectivity index (χ4v) is 2.74. The lowest BCUT2D eigenvalue weighted by Gasteiger charge is -2.26. The summed E-state index contributed by atoms with van der Waals surface area (Å²) in [5, 5.41) is 11.9. The molecule has 0 heterocycles. The van der Waals surface area contributed by atoms with Crippen molar-refractivity contribution in [2.75, 3.05) is 6.54 Å². The van der Waals surface area contributed by atoms with Crippen LogP contribution in [0, 0.1) is 18.8 Å². The average Bonchev–Trinajstić information content (AvgIpc) is 2.45. The molecular formula is C16H21NO3. The van der Waals surface area contributed by atoms with Gasteiger partial charge in [-0.3, -0.25) is 9.59 Å². The van der Waals surface area contributed by atoms with Crippen molar-refractivity contribution < 1.29 is 14.7 Å². The Hall–Kier alpha value is -1.84. The second-order valence-corrected chi connectivity index (χ2v) is 5.64. The molecule has 0 atom stereocenters. The predicted octanol–water partition coefficient (Wildman–Crippen LogP) is 2.62. The molecule has 1 aliphatic carbocycles. The van der Waals surface area contributed by atoms with Gasteiger partial charge in [0.25, 0.3) is 5.91 Å². The van der Waals surface area contributed by atoms with Gasteiger partial charge in [0.1, 0.15) is 0 Å². The van der Waals surface area contributed by atoms with Crippen molar-refractivity contribution in [2.24, 2.45) is 11.8 Å². The summed E-state index contributed by atoms with van der Waals surface area (Å²) in [4.78, 5) is 22.9. The second kappa shape index (κ2) is 6.55. The van der Waals surface area contributed by atoms with Crippen LogP contribution in [-0.4, -0.2) is 23.5 Å². The molecule has 0 saturated heterocycles. The van der Waals surface area contributed by atoms with Crippen LogP contribution in [0.1, 0.15) is 41.6 Å². The minimum Gasteiger partial charge on any atom is -0.481 e. The molecule has 1 saturated carbocycles. The zero-order chi connectivity index (χ0) is 14.5. The number of aryl methyl sites for hydroxylation is 1. The number of rotatable bonds is 4. The number of carbonyl (C=O) groups excluding carboxylic acids is 1. The van der Waals surface area contributed by atoms with Gasteiger partial charge in [0, 0.05) is 12.1 Å². The number of carboxylic acid groups (broad SMARTS) is 1. The molecule has 1 aliphatic rings. The minimum atomic E-state index is -0.688. The highest BCUT2D eigenvalue weighted by molar-refractivity contribution is 5.94. The summed E-state index contributed by atoms with van der Waals surface area (Å²) in [6, 6.07) is 7.52. The van der Waals surface area contributed by atoms with Gasteiger partial charge in [0.2, 0.25) is 0 Å². The van der Waals surface area contributed by atoms with Crippen LogP contribution in [0.4, 0.5) is 0 Å². The minimum absolute atomic E-state index is 0.0472. The molecule has 0 spiro atoms. The topological polar surface area (TPSA) is 66.4 Å². The van der Waals surface area contributed by atoms with Gasteiger partial charge in [-0.25, -0.2) is 0 Å². The normalized spacial score (nSPS) is 22.2. The molecule has 0 bridgehead atoms. The number of carbonyl (C=O) groups is 2. The van der Waals surface area contributed by atoms with Gasteiger partial charge in [0.05, 0.1) is 5.92 Å². The molecular weight excluding hydrogens is 254 g/mol. The molecule has 108 valence electrons. The van der Waals surface area contributed by atoms with E-state index in [1.807, 2.05) is 31.2 Å². The number of nitrogens with one attached hydrogen (secondary N) is 1. The van der Waals surface area contributed by atoms with E-state index in [1.165, 1.54) is 0 Å². The average molecular weight is 275 g/mol. The quantitative estimate of drug-likeness (QED) is 0.887. The van der Waals surface area contributed by atoms with Crippen LogP contribution in [-0.2, 0) is 4.79 Å². The van der Waals surface area contributed by atoms with E-state index in [9.17, 15) is 9.59 Å². The van der Waals surface area contributed by atoms with Crippen molar-refractivity contribution >= 4 is 11.9 Å². The fraction of sp³-hybridized carbons (Fsp3) is 0.500. The summed E-state index contributed by atoms with van der Waals surface area (Å²) in [5.74, 6) is -0.528. The monoisotopic (exact) mass is 275 g/mol. The highest BCUT2D eigenvalue weighted by Gasteiger charge is 2.25. The Morgan fingerprint density at radius 1 is 1.25 bits per heavy atom. The zero-order valence-corrected chi connectivity index (χ0v) is 11.8. The largest absolute Gasteiger partial charge is 0.481 e. The summed E-state index contributed by atoms with van der Waals surface area (Å²) in [6.45, 7) is 2.60. The van der Waals surface area contributed by atoms with Crippen LogP contribution in [0.15, 0.2) is 24.3 Å². The lowest BCUT2D eigenvalue weighted by molar-refractivity contribution is -0.143. The predicted molar refractivity (Wildman–Crippen MR) is 76.6 cm³/mol. The van der Waals surface area contributed by atoms with Crippen LogP contribution in [0.25, 0.3) is 0 Å². The Bertz CT molecular complexity index is 490. The molecule has 1 fully saturated rings. The molecule has 1 amide bonds. The number of carboxylic acids is 1. The van der Waals surface area contributed by atoms with E-state index >= 15 is 0 Å². The molecule has 0 radical (unpaired) electrons. The van der Waals surface area contributed by atoms with E-state index in [4.69, 9.17) is 5.11 Å². The zero-order valence-electron chi connectivity index (χ0n) is 11.8. The van der Waals surface area contributed by atoms with E-state index in [-0.39, 0.29) is 11.8 Å². The van der Waals surface area contributed by atoms with Crippen molar-refractivity contribution in [1.82, 2.24) is 5.32 Å². The maximum Gasteiger partial charge on any atom is 0.306 e. The Morgan fingerprint density at radius 2 is 1.95 bits per heavy atom. The first-order valence-electron chi connectivity index (χ1n) is 7.14. The molecule has 4 heteroatoms. The second-order valence-electron chi connectivity index (χ2n) is 5.64. The number of amides is 1. The molecule has 2 rings (SSSR count). The van der Waals surface area contributed by atoms with Gasteiger partial charge in [-0.15, -0.1) is 0 Å². The number of benzene rings is 1. The van der Waals surface area contributed by atoms with Gasteiger partial charge in [-0.2, -0.15) is 0 Å². The SMILES string of the molecule is Cc1cccc(C(=O)NCC2CCC(C(=O)O)CC2)c1. The maximum atomic E-state index is 12.0. The van der Waals surface area contributed by atoms with Gasteiger partial charge in [0.15, 0.2) is 0 Å². The molecule has 0 aliphatic heterocycles. The Kier molecular flexibility index (Phi) is 4.77. The van der Waals surface area contributed by atoms with Crippen molar-refractivity contribution in [3.05, 3.63) is 35.4 Å². The number of hydrogen-bond acceptors (Lipinski definition) is 2. The molecule has 2 N–H and O–H groups in total. The van der Waals surface area contributed by atoms with Crippen molar-refractivity contribution in [1.29, 1.82) is 0 Å². The lowest BCUT2D eigenvalue weighted by Crippen LogP contribution is -2.32. The van der Waals surface area contributed by atoms with Gasteiger partial charge in [-0.1, -0.05) is 17.7 Å². The highest BCUT2D eigenvalue weighted by Crippen LogP contribution is 2.28. The van der Waals surface area contributed by atoms with Crippen LogP contribution < -0.4 is 5.32 Å². The first kappa shape index (κ1) is 14.6. The van der Waals surface area contributed by atoms with Gasteiger partial charge >= 0.3 is 5.97 Å². The molecule has 1 aromatic rings. The Balaban J connectivity index is 1.79. The first-order valence-corrected chi connectivity index (χ1v) is 7.14. The molecule has 4 nitrogen and oxygen atoms in total. The standard InChI is InChI=1S/C16H21NO3/c1-11-3-2-4-14(9-11)15(18)17-10-12-5-7-13(8-6-12)16(19)20/h2-4,9,12-13H,5-8,10H2,1H3,(H,17,18)(H,19,20). The molecule has 1 aromatic carbocycles. The van der Waals surface area contributed by atoms with Crippen molar-refractivity contribution in [3.8, 4) is 0 Å². The third kappa shape index (κ3) is 3.83. The van der Waals surface area contributed by atoms with E-state index in [1.54, 1.807) is 0 Å². The number of hydrogen-bond donors (Lipinski definition) is 2. The summed E-state index contributed by atoms with van der Waals surface area (Å²) < 4.78 is 0. The van der Waals surface area contributed by atoms with Crippen LogP contribution in [0.5, 0.6) is 0 Å². The maximum absolute atomic E-state index is 12.0. The van der Waals surface area contributed by atoms with E-state index < -0.39 is 5.97 Å². The summed E-state index contributed by atoms with van der Waals surface area (Å²) in [5.41, 5.74) is 1.75. The van der Waals surface area contributed by atoms with E-state index in [0.717, 1.165) is 31.2 Å². The molecule has 0 aromatic heterocycles. The lowest BCUT2D eigenvalue weighted by atomic mass is 9.82. The van der Waals surface area contributed by atoms with Crippen molar-refractivity contribution in [3.63, 3.8) is 0 Å². The fourth-order valence-electron chi connectivity index (χ4n) is 2.74. The smallest absolute Gasteiger partial charge is 0.306 e. The number of aliphatic carboxylic acids is 1. The summed E-state index contributed by atoms with van der Waals surface area (Å²) in [6.07, 6.45) is 3.21. The third-order valence-corrected chi connectivity index (χ3v) is 4.03. The Labute approximate surface area is 119 Å². The van der Waals surface area contributed by atoms with Crippen LogP contribution in [0.3, 0.4) is 0 Å². The molecule has 20 heavy (non-hydrogen) atoms.